The molecule has 0 spiro atoms. The molecule has 0 atom stereocenters. The van der Waals surface area contributed by atoms with E-state index < -0.39 is 17.9 Å². The fourth-order valence-corrected chi connectivity index (χ4v) is 2.11. The van der Waals surface area contributed by atoms with Gasteiger partial charge >= 0.3 is 17.9 Å². The van der Waals surface area contributed by atoms with Crippen LogP contribution in [0.5, 0.6) is 5.75 Å². The summed E-state index contributed by atoms with van der Waals surface area (Å²) in [7, 11) is 0. The van der Waals surface area contributed by atoms with E-state index in [4.69, 9.17) is 4.74 Å². The normalized spacial score (nSPS) is 9.92. The predicted molar refractivity (Wildman–Crippen MR) is 84.4 cm³/mol. The summed E-state index contributed by atoms with van der Waals surface area (Å²) in [5, 5.41) is 0. The van der Waals surface area contributed by atoms with Crippen LogP contribution in [0, 0.1) is 0 Å². The van der Waals surface area contributed by atoms with Crippen molar-refractivity contribution >= 4 is 17.9 Å². The summed E-state index contributed by atoms with van der Waals surface area (Å²) in [5.41, 5.74) is 0.917. The Labute approximate surface area is 138 Å². The maximum Gasteiger partial charge on any atom is 0.386 e. The summed E-state index contributed by atoms with van der Waals surface area (Å²) in [4.78, 5) is 44.2. The van der Waals surface area contributed by atoms with Gasteiger partial charge in [0.05, 0.1) is 11.1 Å². The van der Waals surface area contributed by atoms with E-state index in [9.17, 15) is 14.4 Å². The van der Waals surface area contributed by atoms with Crippen LogP contribution in [-0.2, 0) is 21.0 Å². The molecule has 24 heavy (non-hydrogen) atoms. The van der Waals surface area contributed by atoms with Gasteiger partial charge in [0.2, 0.25) is 0 Å². The molecule has 124 valence electrons. The second-order valence-electron chi connectivity index (χ2n) is 4.84. The van der Waals surface area contributed by atoms with Crippen LogP contribution in [0.2, 0.25) is 0 Å². The smallest absolute Gasteiger partial charge is 0.386 e. The van der Waals surface area contributed by atoms with Gasteiger partial charge in [0.1, 0.15) is 5.75 Å². The first kappa shape index (κ1) is 17.2. The highest BCUT2D eigenvalue weighted by Gasteiger charge is 2.19. The van der Waals surface area contributed by atoms with Crippen LogP contribution in [0.1, 0.15) is 40.1 Å². The Kier molecular flexibility index (Phi) is 5.68. The van der Waals surface area contributed by atoms with E-state index in [0.29, 0.717) is 12.0 Å². The van der Waals surface area contributed by atoms with Gasteiger partial charge in [0.15, 0.2) is 0 Å². The maximum atomic E-state index is 12.2. The van der Waals surface area contributed by atoms with Crippen LogP contribution in [0.25, 0.3) is 0 Å². The van der Waals surface area contributed by atoms with Crippen molar-refractivity contribution in [2.24, 2.45) is 0 Å². The van der Waals surface area contributed by atoms with Gasteiger partial charge in [0, 0.05) is 12.5 Å². The van der Waals surface area contributed by atoms with Gasteiger partial charge in [-0.25, -0.2) is 19.4 Å². The SMILES string of the molecule is CCc1c(OC(C)=O)cccc1C(=O)OOC(=O)c1ccccc1. The van der Waals surface area contributed by atoms with E-state index in [1.807, 2.05) is 0 Å². The van der Waals surface area contributed by atoms with Gasteiger partial charge in [-0.05, 0) is 30.7 Å². The van der Waals surface area contributed by atoms with Crippen molar-refractivity contribution < 1.29 is 28.9 Å². The molecule has 0 heterocycles. The molecule has 2 aromatic rings. The van der Waals surface area contributed by atoms with Crippen molar-refractivity contribution in [3.63, 3.8) is 0 Å². The van der Waals surface area contributed by atoms with Gasteiger partial charge in [-0.1, -0.05) is 31.2 Å². The lowest BCUT2D eigenvalue weighted by Crippen LogP contribution is -2.14. The van der Waals surface area contributed by atoms with Crippen molar-refractivity contribution in [3.05, 3.63) is 65.2 Å². The van der Waals surface area contributed by atoms with Gasteiger partial charge in [-0.15, -0.1) is 0 Å². The first-order valence-corrected chi connectivity index (χ1v) is 7.31. The molecular formula is C18H16O6. The topological polar surface area (TPSA) is 78.9 Å². The van der Waals surface area contributed by atoms with Gasteiger partial charge < -0.3 is 4.74 Å². The fourth-order valence-electron chi connectivity index (χ4n) is 2.11. The highest BCUT2D eigenvalue weighted by Crippen LogP contribution is 2.24. The zero-order valence-corrected chi connectivity index (χ0v) is 13.3. The highest BCUT2D eigenvalue weighted by molar-refractivity contribution is 5.93. The lowest BCUT2D eigenvalue weighted by Gasteiger charge is -2.11. The maximum absolute atomic E-state index is 12.2. The zero-order chi connectivity index (χ0) is 17.5. The fraction of sp³-hybridized carbons (Fsp3) is 0.167. The Hall–Kier alpha value is -3.15. The Balaban J connectivity index is 2.12. The van der Waals surface area contributed by atoms with Crippen LogP contribution < -0.4 is 4.74 Å². The van der Waals surface area contributed by atoms with E-state index in [0.717, 1.165) is 0 Å². The Morgan fingerprint density at radius 1 is 0.875 bits per heavy atom. The summed E-state index contributed by atoms with van der Waals surface area (Å²) in [5.74, 6) is -1.84. The standard InChI is InChI=1S/C18H16O6/c1-3-14-15(10-7-11-16(14)22-12(2)19)18(21)24-23-17(20)13-8-5-4-6-9-13/h4-11H,3H2,1-2H3. The second-order valence-corrected chi connectivity index (χ2v) is 4.84. The third-order valence-electron chi connectivity index (χ3n) is 3.16. The number of benzene rings is 2. The number of esters is 1. The molecule has 2 rings (SSSR count). The van der Waals surface area contributed by atoms with Gasteiger partial charge in [-0.2, -0.15) is 0 Å². The number of ether oxygens (including phenoxy) is 1. The summed E-state index contributed by atoms with van der Waals surface area (Å²) >= 11 is 0. The van der Waals surface area contributed by atoms with Crippen molar-refractivity contribution in [2.75, 3.05) is 0 Å². The van der Waals surface area contributed by atoms with E-state index in [1.165, 1.54) is 25.1 Å². The van der Waals surface area contributed by atoms with Crippen LogP contribution in [0.4, 0.5) is 0 Å². The van der Waals surface area contributed by atoms with Crippen molar-refractivity contribution in [3.8, 4) is 5.75 Å². The third kappa shape index (κ3) is 4.19. The molecule has 0 radical (unpaired) electrons. The van der Waals surface area contributed by atoms with Gasteiger partial charge in [0.25, 0.3) is 0 Å². The van der Waals surface area contributed by atoms with E-state index in [2.05, 4.69) is 9.78 Å². The summed E-state index contributed by atoms with van der Waals surface area (Å²) in [6.07, 6.45) is 0.431. The molecule has 0 fully saturated rings. The van der Waals surface area contributed by atoms with Crippen LogP contribution >= 0.6 is 0 Å². The molecule has 6 heteroatoms. The van der Waals surface area contributed by atoms with Crippen molar-refractivity contribution in [1.29, 1.82) is 0 Å². The molecule has 0 saturated carbocycles. The van der Waals surface area contributed by atoms with E-state index >= 15 is 0 Å². The van der Waals surface area contributed by atoms with Crippen molar-refractivity contribution in [2.45, 2.75) is 20.3 Å². The Morgan fingerprint density at radius 3 is 2.17 bits per heavy atom. The predicted octanol–water partition coefficient (Wildman–Crippen LogP) is 3.10. The molecule has 0 N–H and O–H groups in total. The zero-order valence-electron chi connectivity index (χ0n) is 13.3. The van der Waals surface area contributed by atoms with E-state index in [1.54, 1.807) is 37.3 Å². The molecule has 0 aromatic heterocycles. The minimum absolute atomic E-state index is 0.164. The number of hydrogen-bond acceptors (Lipinski definition) is 6. The second kappa shape index (κ2) is 7.92. The lowest BCUT2D eigenvalue weighted by atomic mass is 10.0. The number of hydrogen-bond donors (Lipinski definition) is 0. The number of carbonyl (C=O) groups excluding carboxylic acids is 3. The number of rotatable bonds is 4. The Bertz CT molecular complexity index is 751. The molecule has 6 nitrogen and oxygen atoms in total. The first-order valence-electron chi connectivity index (χ1n) is 7.31. The van der Waals surface area contributed by atoms with Gasteiger partial charge in [-0.3, -0.25) is 4.79 Å². The molecule has 0 unspecified atom stereocenters. The van der Waals surface area contributed by atoms with Crippen molar-refractivity contribution in [1.82, 2.24) is 0 Å². The Morgan fingerprint density at radius 2 is 1.54 bits per heavy atom. The molecule has 0 saturated heterocycles. The molecule has 0 aliphatic heterocycles. The number of carbonyl (C=O) groups is 3. The van der Waals surface area contributed by atoms with Crippen LogP contribution in [0.3, 0.4) is 0 Å². The molecule has 0 bridgehead atoms. The molecular weight excluding hydrogens is 312 g/mol. The third-order valence-corrected chi connectivity index (χ3v) is 3.16. The summed E-state index contributed by atoms with van der Waals surface area (Å²) < 4.78 is 5.07. The minimum Gasteiger partial charge on any atom is -0.426 e. The monoisotopic (exact) mass is 328 g/mol. The highest BCUT2D eigenvalue weighted by atomic mass is 17.2. The van der Waals surface area contributed by atoms with Crippen LogP contribution in [0.15, 0.2) is 48.5 Å². The molecule has 0 aliphatic carbocycles. The lowest BCUT2D eigenvalue weighted by molar-refractivity contribution is -0.187. The molecule has 0 amide bonds. The first-order chi connectivity index (χ1) is 11.5. The molecule has 2 aromatic carbocycles. The quantitative estimate of drug-likeness (QED) is 0.371. The summed E-state index contributed by atoms with van der Waals surface area (Å²) in [6.45, 7) is 3.07. The molecule has 0 aliphatic rings. The van der Waals surface area contributed by atoms with Crippen LogP contribution in [-0.4, -0.2) is 17.9 Å². The average molecular weight is 328 g/mol. The average Bonchev–Trinajstić information content (AvgIpc) is 2.59. The van der Waals surface area contributed by atoms with E-state index in [-0.39, 0.29) is 16.9 Å². The largest absolute Gasteiger partial charge is 0.426 e. The summed E-state index contributed by atoms with van der Waals surface area (Å²) in [6, 6.07) is 12.8. The minimum atomic E-state index is -0.842.